The van der Waals surface area contributed by atoms with E-state index in [0.717, 1.165) is 82.2 Å². The number of tetrazole rings is 9. The average molecular weight is 1420 g/mol. The van der Waals surface area contributed by atoms with Crippen LogP contribution in [0.2, 0.25) is 0 Å². The Kier molecular flexibility index (Phi) is 25.5. The zero-order chi connectivity index (χ0) is 73.5. The van der Waals surface area contributed by atoms with E-state index in [-0.39, 0.29) is 23.8 Å². The van der Waals surface area contributed by atoms with E-state index in [4.69, 9.17) is 16.6 Å². The van der Waals surface area contributed by atoms with Gasteiger partial charge < -0.3 is 21.5 Å². The molecule has 17 aromatic rings. The van der Waals surface area contributed by atoms with Gasteiger partial charge in [-0.1, -0.05) is 100 Å². The molecule has 0 radical (unpaired) electrons. The number of benzene rings is 5. The summed E-state index contributed by atoms with van der Waals surface area (Å²) >= 11 is 0. The van der Waals surface area contributed by atoms with Gasteiger partial charge in [0.05, 0.1) is 11.4 Å². The Morgan fingerprint density at radius 3 is 1.68 bits per heavy atom. The molecule has 1 aliphatic carbocycles. The van der Waals surface area contributed by atoms with Crippen molar-refractivity contribution < 1.29 is 5.11 Å². The van der Waals surface area contributed by atoms with Crippen molar-refractivity contribution in [2.75, 3.05) is 30.5 Å². The number of nitrogen functional groups attached to an aromatic ring is 2. The number of pyridine rings is 1. The maximum Gasteiger partial charge on any atom is 0.278 e. The number of rotatable bonds is 8. The minimum Gasteiger partial charge on any atom is -0.399 e. The minimum atomic E-state index is -0.231. The fourth-order valence-electron chi connectivity index (χ4n) is 8.95. The molecular weight excluding hydrogens is 1360 g/mol. The topological polar surface area (TPSA) is 589 Å². The van der Waals surface area contributed by atoms with Crippen LogP contribution in [-0.2, 0) is 26.6 Å². The first-order chi connectivity index (χ1) is 51.3. The molecule has 0 spiro atoms. The summed E-state index contributed by atoms with van der Waals surface area (Å²) in [6, 6.07) is 48.4. The number of aryl methyl sites for hydroxylation is 4. The summed E-state index contributed by atoms with van der Waals surface area (Å²) in [5.41, 5.74) is 20.8. The molecule has 1 aliphatic rings. The molecule has 0 aliphatic heterocycles. The molecule has 5 aromatic carbocycles. The summed E-state index contributed by atoms with van der Waals surface area (Å²) < 4.78 is 7.28. The zero-order valence-corrected chi connectivity index (χ0v) is 56.3. The molecule has 45 heteroatoms. The monoisotopic (exact) mass is 1420 g/mol. The fourth-order valence-corrected chi connectivity index (χ4v) is 8.95. The van der Waals surface area contributed by atoms with Gasteiger partial charge in [0.25, 0.3) is 28.6 Å². The van der Waals surface area contributed by atoms with Gasteiger partial charge in [-0.05, 0) is 179 Å². The summed E-state index contributed by atoms with van der Waals surface area (Å²) in [6.07, 6.45) is 8.66. The summed E-state index contributed by atoms with van der Waals surface area (Å²) in [5, 5.41) is 115. The van der Waals surface area contributed by atoms with E-state index in [9.17, 15) is 9.59 Å². The summed E-state index contributed by atoms with van der Waals surface area (Å²) in [4.78, 5) is 35.1. The van der Waals surface area contributed by atoms with Crippen LogP contribution in [0.5, 0.6) is 0 Å². The van der Waals surface area contributed by atoms with Gasteiger partial charge >= 0.3 is 0 Å². The lowest BCUT2D eigenvalue weighted by molar-refractivity contribution is 0.194. The molecule has 0 fully saturated rings. The number of aliphatic hydroxyl groups excluding tert-OH is 1. The minimum absolute atomic E-state index is 0.0466. The van der Waals surface area contributed by atoms with Crippen LogP contribution in [0, 0.1) is 13.8 Å². The van der Waals surface area contributed by atoms with Gasteiger partial charge in [-0.2, -0.15) is 44.5 Å². The second-order valence-electron chi connectivity index (χ2n) is 21.4. The second-order valence-corrected chi connectivity index (χ2v) is 21.4. The first kappa shape index (κ1) is 72.4. The van der Waals surface area contributed by atoms with E-state index in [2.05, 4.69) is 199 Å². The largest absolute Gasteiger partial charge is 0.399 e. The van der Waals surface area contributed by atoms with Crippen LogP contribution < -0.4 is 27.5 Å². The van der Waals surface area contributed by atoms with E-state index >= 15 is 0 Å². The Morgan fingerprint density at radius 1 is 0.533 bits per heavy atom. The Labute approximate surface area is 590 Å². The van der Waals surface area contributed by atoms with Gasteiger partial charge in [0.15, 0.2) is 11.6 Å². The number of nitrogens with one attached hydrogen (secondary N) is 6. The lowest BCUT2D eigenvalue weighted by atomic mass is 9.97. The summed E-state index contributed by atoms with van der Waals surface area (Å²) in [6.45, 7) is 3.48. The number of anilines is 3. The van der Waals surface area contributed by atoms with Crippen molar-refractivity contribution >= 4 is 28.9 Å². The Balaban J connectivity index is 0.000000128. The predicted molar refractivity (Wildman–Crippen MR) is 372 cm³/mol. The molecule has 0 unspecified atom stereocenters. The molecule has 0 atom stereocenters. The first-order valence-electron chi connectivity index (χ1n) is 31.1. The standard InChI is InChI=1S/C13H10N4.C9H11N5.C8H9N5O.C8H8N4.C7H7N5O.C7H7N5.C4H3N5O.C3H6N4.CH3N5/c1-2-4-10(5-3-1)11-6-8-12(9-7-11)13-14-16-17-15-13;1-14(2)8-5-3-7(4-6-8)9-10-12-13-11-9;14-7-5-3-1-2-4-6(5)9-8-10-11-12-13(7)8;1-7-9-10-11-12(7)8-5-3-2-4-6-8;13-5-12-7(9-10-11-12)6-1-3-8-4-2-6;8-6-3-1-2-5(4-6)7-9-11-12-10-7;10-3-1-2-9-4(5-3)6-7-8-9;1-3-4-5-6-7(3)2;2-1-3-5-6-4-1/h1-9H,(H,14,15,16,17);3-6H,1-2H3,(H,10,11,12,13);1-4H2,(H,9,10,12);2-6H,1H3;1-4,13H,5H2;1-4H,8H2,(H,9,10,11,12);1-2H,(H,5,6,8,10);1-2H3;(H3,2,3,4,5,6). The Hall–Kier alpha value is -15.3. The van der Waals surface area contributed by atoms with Crippen molar-refractivity contribution in [1.29, 1.82) is 0 Å². The number of hydrogen-bond acceptors (Lipinski definition) is 34. The molecule has 45 nitrogen and oxygen atoms in total. The third kappa shape index (κ3) is 20.9. The molecule has 0 saturated heterocycles. The number of nitrogens with zero attached hydrogens (tertiary/aromatic N) is 34. The molecule has 105 heavy (non-hydrogen) atoms. The number of nitrogens with two attached hydrogens (primary N) is 2. The first-order valence-corrected chi connectivity index (χ1v) is 31.1. The molecule has 12 aromatic heterocycles. The average Bonchev–Trinajstić information content (AvgIpc) is 1.71. The molecule has 11 N–H and O–H groups in total. The smallest absolute Gasteiger partial charge is 0.278 e. The number of aliphatic hydroxyl groups is 1. The van der Waals surface area contributed by atoms with Gasteiger partial charge in [-0.15, -0.1) is 51.0 Å². The molecule has 18 rings (SSSR count). The van der Waals surface area contributed by atoms with Crippen LogP contribution in [0.4, 0.5) is 17.3 Å². The van der Waals surface area contributed by atoms with E-state index in [0.29, 0.717) is 40.5 Å². The normalized spacial score (nSPS) is 10.8. The van der Waals surface area contributed by atoms with Crippen LogP contribution in [0.3, 0.4) is 0 Å². The summed E-state index contributed by atoms with van der Waals surface area (Å²) in [5.74, 6) is 4.85. The van der Waals surface area contributed by atoms with Crippen molar-refractivity contribution in [3.63, 3.8) is 0 Å². The zero-order valence-electron chi connectivity index (χ0n) is 56.3. The number of hydrogen-bond donors (Lipinski definition) is 9. The van der Waals surface area contributed by atoms with Crippen molar-refractivity contribution in [2.45, 2.75) is 46.3 Å². The molecule has 532 valence electrons. The van der Waals surface area contributed by atoms with Crippen LogP contribution in [0.15, 0.2) is 180 Å². The van der Waals surface area contributed by atoms with Gasteiger partial charge in [-0.3, -0.25) is 19.6 Å². The van der Waals surface area contributed by atoms with Gasteiger partial charge in [0, 0.05) is 85.0 Å². The fraction of sp³-hybridized carbons (Fsp3) is 0.167. The van der Waals surface area contributed by atoms with Gasteiger partial charge in [-0.25, -0.2) is 9.67 Å². The SMILES string of the molecule is CN(C)c1ccc(-c2nn[nH]n2)cc1.Cc1nnnn1-c1ccccc1.Cc1nnnn1C.Nc1cccc(-c2nn[nH]n2)c1.Nc1nn[nH]n1.O=c1c2c(nc3nn[nH]n13)CCCC2.O=c1ccn2nnnc2[nH]1.OCn1nnnc1-c1ccncc1.c1ccc(-c2ccc(-c3nn[nH]n3)cc2)cc1. The molecule has 0 amide bonds. The number of aromatic amines is 6. The maximum absolute atomic E-state index is 11.8. The summed E-state index contributed by atoms with van der Waals surface area (Å²) in [7, 11) is 5.81. The Morgan fingerprint density at radius 2 is 1.11 bits per heavy atom. The number of fused-ring (bicyclic) bond motifs is 3. The predicted octanol–water partition coefficient (Wildman–Crippen LogP) is 1.38. The highest BCUT2D eigenvalue weighted by atomic mass is 16.3. The quantitative estimate of drug-likeness (QED) is 0.0970. The van der Waals surface area contributed by atoms with Crippen molar-refractivity contribution in [2.24, 2.45) is 7.05 Å². The highest BCUT2D eigenvalue weighted by Gasteiger charge is 2.18. The highest BCUT2D eigenvalue weighted by molar-refractivity contribution is 5.67. The van der Waals surface area contributed by atoms with Crippen molar-refractivity contribution in [3.8, 4) is 62.4 Å². The van der Waals surface area contributed by atoms with Crippen molar-refractivity contribution in [3.05, 3.63) is 214 Å². The molecule has 0 saturated carbocycles. The number of aromatic nitrogens is 39. The van der Waals surface area contributed by atoms with E-state index < -0.39 is 0 Å². The molecular formula is C60H64N42O3. The van der Waals surface area contributed by atoms with E-state index in [1.54, 1.807) is 47.0 Å². The van der Waals surface area contributed by atoms with E-state index in [1.165, 1.54) is 37.1 Å². The lowest BCUT2D eigenvalue weighted by Crippen LogP contribution is -2.25. The number of H-pyrrole nitrogens is 6. The molecule has 0 bridgehead atoms. The van der Waals surface area contributed by atoms with Crippen LogP contribution in [0.1, 0.15) is 35.7 Å². The van der Waals surface area contributed by atoms with Crippen LogP contribution >= 0.6 is 0 Å². The Bertz CT molecular complexity index is 5370. The van der Waals surface area contributed by atoms with E-state index in [1.807, 2.05) is 136 Å². The van der Waals surface area contributed by atoms with Gasteiger partial charge in [0.2, 0.25) is 17.5 Å². The second kappa shape index (κ2) is 37.0. The maximum atomic E-state index is 11.8. The third-order valence-electron chi connectivity index (χ3n) is 14.2. The van der Waals surface area contributed by atoms with Crippen molar-refractivity contribution in [1.82, 2.24) is 198 Å². The number of para-hydroxylation sites is 1. The highest BCUT2D eigenvalue weighted by Crippen LogP contribution is 2.23. The van der Waals surface area contributed by atoms with Crippen LogP contribution in [0.25, 0.3) is 73.9 Å². The van der Waals surface area contributed by atoms with Crippen LogP contribution in [-0.4, -0.2) is 217 Å². The third-order valence-corrected chi connectivity index (χ3v) is 14.2. The van der Waals surface area contributed by atoms with Gasteiger partial charge in [0.1, 0.15) is 12.6 Å². The molecule has 12 heterocycles. The lowest BCUT2D eigenvalue weighted by Gasteiger charge is -2.12.